The number of aliphatic hydroxyl groups is 1. The van der Waals surface area contributed by atoms with Gasteiger partial charge < -0.3 is 35.3 Å². The number of piperidine rings is 1. The number of rotatable bonds is 23. The van der Waals surface area contributed by atoms with Crippen molar-refractivity contribution in [3.8, 4) is 11.5 Å². The number of ether oxygens (including phenoxy) is 2. The molecule has 4 atom stereocenters. The molecule has 1 fully saturated rings. The summed E-state index contributed by atoms with van der Waals surface area (Å²) in [6.07, 6.45) is 6.94. The molecular weight excluding hydrogens is 807 g/mol. The number of alkyl carbamates (subject to hydrolysis) is 1. The number of halogens is 2. The van der Waals surface area contributed by atoms with E-state index in [0.29, 0.717) is 53.6 Å². The predicted molar refractivity (Wildman–Crippen MR) is 240 cm³/mol. The average molecular weight is 867 g/mol. The number of benzene rings is 4. The second-order valence-electron chi connectivity index (χ2n) is 16.4. The van der Waals surface area contributed by atoms with Crippen molar-refractivity contribution in [2.75, 3.05) is 39.3 Å². The number of nitrogens with one attached hydrogen (secondary N) is 3. The third-order valence-corrected chi connectivity index (χ3v) is 11.8. The van der Waals surface area contributed by atoms with Crippen molar-refractivity contribution in [2.24, 2.45) is 5.92 Å². The fourth-order valence-corrected chi connectivity index (χ4v) is 8.42. The van der Waals surface area contributed by atoms with Crippen LogP contribution in [0.25, 0.3) is 10.9 Å². The number of Topliss-reactive ketones (excluding diaryl/α,β-unsaturated/α-hetero) is 1. The minimum atomic E-state index is -1.20. The third-order valence-electron chi connectivity index (χ3n) is 11.8. The highest BCUT2D eigenvalue weighted by Gasteiger charge is 2.34. The number of nitrogens with zero attached hydrogens (tertiary/aromatic N) is 1. The lowest BCUT2D eigenvalue weighted by Crippen LogP contribution is -2.48. The van der Waals surface area contributed by atoms with Crippen LogP contribution in [0.4, 0.5) is 13.6 Å². The molecule has 0 bridgehead atoms. The van der Waals surface area contributed by atoms with Gasteiger partial charge in [-0.1, -0.05) is 112 Å². The van der Waals surface area contributed by atoms with Crippen LogP contribution in [0.1, 0.15) is 110 Å². The molecule has 63 heavy (non-hydrogen) atoms. The fraction of sp³-hybridized carbons (Fsp3) is 0.420. The minimum absolute atomic E-state index is 0.0128. The summed E-state index contributed by atoms with van der Waals surface area (Å²) in [4.78, 5) is 43.0. The molecule has 336 valence electrons. The van der Waals surface area contributed by atoms with Gasteiger partial charge in [0.2, 0.25) is 5.56 Å². The van der Waals surface area contributed by atoms with Crippen LogP contribution >= 0.6 is 0 Å². The van der Waals surface area contributed by atoms with Gasteiger partial charge in [0, 0.05) is 30.1 Å². The Balaban J connectivity index is 0.946. The van der Waals surface area contributed by atoms with Gasteiger partial charge in [-0.05, 0) is 80.1 Å². The molecule has 1 amide bonds. The first-order valence-corrected chi connectivity index (χ1v) is 22.3. The van der Waals surface area contributed by atoms with Crippen molar-refractivity contribution >= 4 is 22.8 Å². The molecule has 4 aromatic carbocycles. The number of phenols is 1. The number of amides is 1. The zero-order valence-electron chi connectivity index (χ0n) is 36.0. The number of likely N-dealkylation sites (tertiary alicyclic amines) is 1. The first kappa shape index (κ1) is 46.9. The van der Waals surface area contributed by atoms with Crippen LogP contribution in [-0.2, 0) is 4.74 Å². The number of aromatic nitrogens is 1. The number of carbonyl (C=O) groups excluding carboxylic acids is 2. The maximum atomic E-state index is 16.2. The van der Waals surface area contributed by atoms with Crippen LogP contribution in [0, 0.1) is 17.6 Å². The topological polar surface area (TPSA) is 153 Å². The third kappa shape index (κ3) is 13.2. The van der Waals surface area contributed by atoms with Crippen molar-refractivity contribution in [1.29, 1.82) is 0 Å². The van der Waals surface area contributed by atoms with Crippen LogP contribution in [-0.4, -0.2) is 77.4 Å². The van der Waals surface area contributed by atoms with Gasteiger partial charge in [0.05, 0.1) is 36.4 Å². The maximum Gasteiger partial charge on any atom is 0.408 e. The Bertz CT molecular complexity index is 2290. The molecule has 2 unspecified atom stereocenters. The summed E-state index contributed by atoms with van der Waals surface area (Å²) in [5.74, 6) is -1.78. The molecule has 11 nitrogen and oxygen atoms in total. The number of unbranched alkanes of at least 4 members (excludes halogenated alkanes) is 6. The molecule has 2 heterocycles. The maximum absolute atomic E-state index is 16.2. The number of aromatic amines is 1. The molecule has 6 rings (SSSR count). The van der Waals surface area contributed by atoms with Crippen LogP contribution in [0.2, 0.25) is 0 Å². The van der Waals surface area contributed by atoms with Gasteiger partial charge in [-0.2, -0.15) is 0 Å². The highest BCUT2D eigenvalue weighted by atomic mass is 19.1. The lowest BCUT2D eigenvalue weighted by atomic mass is 9.89. The summed E-state index contributed by atoms with van der Waals surface area (Å²) in [5, 5.41) is 27.5. The number of ketones is 1. The lowest BCUT2D eigenvalue weighted by molar-refractivity contribution is 0.00159. The molecule has 13 heteroatoms. The van der Waals surface area contributed by atoms with Crippen molar-refractivity contribution in [3.63, 3.8) is 0 Å². The second-order valence-corrected chi connectivity index (χ2v) is 16.4. The van der Waals surface area contributed by atoms with E-state index in [1.165, 1.54) is 18.2 Å². The number of H-pyrrole nitrogens is 1. The highest BCUT2D eigenvalue weighted by Crippen LogP contribution is 2.33. The Morgan fingerprint density at radius 3 is 2.35 bits per heavy atom. The predicted octanol–water partition coefficient (Wildman–Crippen LogP) is 9.13. The highest BCUT2D eigenvalue weighted by molar-refractivity contribution is 5.97. The second kappa shape index (κ2) is 23.7. The summed E-state index contributed by atoms with van der Waals surface area (Å²) < 4.78 is 43.8. The van der Waals surface area contributed by atoms with E-state index in [2.05, 4.69) is 22.5 Å². The van der Waals surface area contributed by atoms with Crippen molar-refractivity contribution < 1.29 is 38.1 Å². The molecule has 5 aromatic rings. The zero-order valence-corrected chi connectivity index (χ0v) is 36.0. The van der Waals surface area contributed by atoms with Gasteiger partial charge in [0.1, 0.15) is 17.7 Å². The molecule has 1 aliphatic heterocycles. The monoisotopic (exact) mass is 866 g/mol. The summed E-state index contributed by atoms with van der Waals surface area (Å²) in [6, 6.07) is 25.1. The van der Waals surface area contributed by atoms with Gasteiger partial charge in [0.15, 0.2) is 17.3 Å². The smallest absolute Gasteiger partial charge is 0.408 e. The number of phenolic OH excluding ortho intramolecular Hbond substituents is 1. The number of aromatic hydroxyl groups is 1. The lowest BCUT2D eigenvalue weighted by Gasteiger charge is -2.38. The van der Waals surface area contributed by atoms with E-state index in [9.17, 15) is 24.6 Å². The molecule has 1 saturated heterocycles. The Labute approximate surface area is 367 Å². The van der Waals surface area contributed by atoms with Gasteiger partial charge >= 0.3 is 6.09 Å². The number of aliphatic hydroxyl groups excluding tert-OH is 1. The van der Waals surface area contributed by atoms with Crippen LogP contribution < -0.4 is 20.9 Å². The van der Waals surface area contributed by atoms with E-state index in [4.69, 9.17) is 9.47 Å². The molecule has 0 spiro atoms. The molecular formula is C50H60F2N4O7. The molecule has 0 saturated carbocycles. The van der Waals surface area contributed by atoms with E-state index < -0.39 is 36.0 Å². The first-order valence-electron chi connectivity index (χ1n) is 22.3. The normalized spacial score (nSPS) is 16.4. The van der Waals surface area contributed by atoms with E-state index >= 15 is 8.78 Å². The SMILES string of the molecule is CCCC1CCN(CC(=O)c2ccccc2)C[C@@H]1OC(=O)NC(c1ccccc1)c1c(F)ccc(OCCCCCCCCCNC[C@H](O)c2ccc(O)c3[nH]c(=O)ccc23)c1F. The summed E-state index contributed by atoms with van der Waals surface area (Å²) in [6.45, 7) is 4.66. The Hall–Kier alpha value is -5.63. The number of fused-ring (bicyclic) bond motifs is 1. The minimum Gasteiger partial charge on any atom is -0.506 e. The fourth-order valence-electron chi connectivity index (χ4n) is 8.42. The zero-order chi connectivity index (χ0) is 44.6. The molecule has 1 aliphatic rings. The van der Waals surface area contributed by atoms with Gasteiger partial charge in [0.25, 0.3) is 0 Å². The Morgan fingerprint density at radius 2 is 1.60 bits per heavy atom. The number of hydrogen-bond acceptors (Lipinski definition) is 9. The quantitative estimate of drug-likeness (QED) is 0.0320. The van der Waals surface area contributed by atoms with E-state index in [1.54, 1.807) is 54.6 Å². The largest absolute Gasteiger partial charge is 0.506 e. The summed E-state index contributed by atoms with van der Waals surface area (Å²) in [5.41, 5.74) is 1.37. The van der Waals surface area contributed by atoms with E-state index in [1.807, 2.05) is 23.1 Å². The van der Waals surface area contributed by atoms with E-state index in [0.717, 1.165) is 70.4 Å². The van der Waals surface area contributed by atoms with E-state index in [-0.39, 0.29) is 47.5 Å². The van der Waals surface area contributed by atoms with Crippen LogP contribution in [0.15, 0.2) is 102 Å². The summed E-state index contributed by atoms with van der Waals surface area (Å²) >= 11 is 0. The summed E-state index contributed by atoms with van der Waals surface area (Å²) in [7, 11) is 0. The van der Waals surface area contributed by atoms with Gasteiger partial charge in [-0.15, -0.1) is 0 Å². The van der Waals surface area contributed by atoms with Gasteiger partial charge in [-0.25, -0.2) is 13.6 Å². The van der Waals surface area contributed by atoms with Gasteiger partial charge in [-0.3, -0.25) is 14.5 Å². The average Bonchev–Trinajstić information content (AvgIpc) is 3.28. The standard InChI is InChI=1S/C50H60F2N4O7/c1-2-16-35-27-29-56(32-42(59)34-17-10-8-11-18-34)33-44(35)63-50(61)55-48(36-19-12-9-13-20-36)46-39(51)23-25-43(47(46)52)62-30-15-7-5-3-4-6-14-28-53-31-41(58)37-21-24-40(57)49-38(37)22-26-45(60)54-49/h8-13,17-26,35,41,44,48,53,57-58H,2-7,14-16,27-33H2,1H3,(H,54,60)(H,55,61)/t35?,41-,44-,48?/m0/s1. The number of pyridine rings is 1. The molecule has 0 radical (unpaired) electrons. The molecule has 5 N–H and O–H groups in total. The van der Waals surface area contributed by atoms with Crippen molar-refractivity contribution in [3.05, 3.63) is 141 Å². The van der Waals surface area contributed by atoms with Crippen molar-refractivity contribution in [1.82, 2.24) is 20.5 Å². The van der Waals surface area contributed by atoms with Crippen LogP contribution in [0.3, 0.4) is 0 Å². The molecule has 1 aromatic heterocycles. The first-order chi connectivity index (χ1) is 30.6. The Kier molecular flexibility index (Phi) is 17.6. The molecule has 0 aliphatic carbocycles. The van der Waals surface area contributed by atoms with Crippen LogP contribution in [0.5, 0.6) is 11.5 Å². The van der Waals surface area contributed by atoms with Crippen molar-refractivity contribution in [2.45, 2.75) is 89.4 Å². The Morgan fingerprint density at radius 1 is 0.889 bits per heavy atom. The number of carbonyl (C=O) groups is 2. The number of hydrogen-bond donors (Lipinski definition) is 5.